The van der Waals surface area contributed by atoms with Crippen LogP contribution in [0, 0.1) is 5.82 Å². The van der Waals surface area contributed by atoms with E-state index in [1.807, 2.05) is 14.1 Å². The summed E-state index contributed by atoms with van der Waals surface area (Å²) in [6.07, 6.45) is 2.02. The Bertz CT molecular complexity index is 439. The van der Waals surface area contributed by atoms with E-state index in [9.17, 15) is 4.39 Å². The van der Waals surface area contributed by atoms with E-state index in [0.29, 0.717) is 12.4 Å². The van der Waals surface area contributed by atoms with Crippen molar-refractivity contribution < 1.29 is 28.9 Å². The molecule has 1 aromatic carbocycles. The molecule has 0 saturated heterocycles. The molecule has 0 fully saturated rings. The lowest BCUT2D eigenvalue weighted by atomic mass is 10.3. The van der Waals surface area contributed by atoms with Gasteiger partial charge in [-0.3, -0.25) is 0 Å². The molecule has 0 aliphatic heterocycles. The van der Waals surface area contributed by atoms with Gasteiger partial charge in [0, 0.05) is 0 Å². The summed E-state index contributed by atoms with van der Waals surface area (Å²) in [7, 11) is 4.08. The standard InChI is InChI=1S/C12H18FNO.C2H2O4/c1-14(2)9-5-6-10-15-12-8-4-3-7-11(12)13;3-1(4)2(5)6/h3-4,7-8H,5-6,9-10H2,1-2H3;(H,3,4)(H,5,6). The van der Waals surface area contributed by atoms with Crippen LogP contribution in [0.15, 0.2) is 24.3 Å². The number of halogens is 1. The smallest absolute Gasteiger partial charge is 0.414 e. The molecule has 0 heterocycles. The molecule has 6 nitrogen and oxygen atoms in total. The van der Waals surface area contributed by atoms with E-state index in [4.69, 9.17) is 24.5 Å². The van der Waals surface area contributed by atoms with E-state index < -0.39 is 11.9 Å². The molecule has 0 radical (unpaired) electrons. The molecule has 0 amide bonds. The third-order valence-electron chi connectivity index (χ3n) is 2.28. The number of hydrogen-bond donors (Lipinski definition) is 2. The summed E-state index contributed by atoms with van der Waals surface area (Å²) in [5.74, 6) is -3.59. The van der Waals surface area contributed by atoms with Crippen molar-refractivity contribution in [2.24, 2.45) is 0 Å². The van der Waals surface area contributed by atoms with E-state index in [0.717, 1.165) is 19.4 Å². The monoisotopic (exact) mass is 301 g/mol. The summed E-state index contributed by atoms with van der Waals surface area (Å²) < 4.78 is 18.4. The van der Waals surface area contributed by atoms with E-state index in [2.05, 4.69) is 4.90 Å². The molecule has 0 bridgehead atoms. The first kappa shape index (κ1) is 18.9. The average molecular weight is 301 g/mol. The van der Waals surface area contributed by atoms with Crippen molar-refractivity contribution in [2.45, 2.75) is 12.8 Å². The second-order valence-electron chi connectivity index (χ2n) is 4.40. The lowest BCUT2D eigenvalue weighted by molar-refractivity contribution is -0.159. The molecule has 1 aromatic rings. The van der Waals surface area contributed by atoms with Crippen LogP contribution in [0.4, 0.5) is 4.39 Å². The Morgan fingerprint density at radius 2 is 1.71 bits per heavy atom. The maximum absolute atomic E-state index is 13.1. The predicted molar refractivity (Wildman–Crippen MR) is 75.0 cm³/mol. The first-order valence-corrected chi connectivity index (χ1v) is 6.33. The number of rotatable bonds is 6. The molecule has 0 saturated carbocycles. The molecule has 7 heteroatoms. The number of unbranched alkanes of at least 4 members (excludes halogenated alkanes) is 1. The van der Waals surface area contributed by atoms with Crippen molar-refractivity contribution in [2.75, 3.05) is 27.2 Å². The number of ether oxygens (including phenoxy) is 1. The number of carboxylic acid groups (broad SMARTS) is 2. The number of carbonyl (C=O) groups is 2. The van der Waals surface area contributed by atoms with Gasteiger partial charge in [0.25, 0.3) is 0 Å². The van der Waals surface area contributed by atoms with E-state index >= 15 is 0 Å². The van der Waals surface area contributed by atoms with Crippen LogP contribution in [0.25, 0.3) is 0 Å². The van der Waals surface area contributed by atoms with E-state index in [1.54, 1.807) is 18.2 Å². The minimum Gasteiger partial charge on any atom is -0.491 e. The molecule has 0 spiro atoms. The molecule has 0 aliphatic carbocycles. The highest BCUT2D eigenvalue weighted by Crippen LogP contribution is 2.15. The molecular formula is C14H20FNO5. The summed E-state index contributed by atoms with van der Waals surface area (Å²) >= 11 is 0. The van der Waals surface area contributed by atoms with Gasteiger partial charge in [0.05, 0.1) is 6.61 Å². The Morgan fingerprint density at radius 1 is 1.14 bits per heavy atom. The summed E-state index contributed by atoms with van der Waals surface area (Å²) in [6.45, 7) is 1.62. The number of aliphatic carboxylic acids is 2. The summed E-state index contributed by atoms with van der Waals surface area (Å²) in [4.78, 5) is 20.3. The van der Waals surface area contributed by atoms with Crippen LogP contribution in [-0.4, -0.2) is 54.3 Å². The normalized spacial score (nSPS) is 9.71. The van der Waals surface area contributed by atoms with Gasteiger partial charge >= 0.3 is 11.9 Å². The van der Waals surface area contributed by atoms with Crippen molar-refractivity contribution in [3.8, 4) is 5.75 Å². The first-order valence-electron chi connectivity index (χ1n) is 6.33. The number of hydrogen-bond acceptors (Lipinski definition) is 4. The van der Waals surface area contributed by atoms with Crippen molar-refractivity contribution in [3.63, 3.8) is 0 Å². The van der Waals surface area contributed by atoms with Gasteiger partial charge in [0.15, 0.2) is 11.6 Å². The maximum atomic E-state index is 13.1. The zero-order valence-electron chi connectivity index (χ0n) is 12.1. The minimum atomic E-state index is -1.82. The topological polar surface area (TPSA) is 87.1 Å². The fraction of sp³-hybridized carbons (Fsp3) is 0.429. The SMILES string of the molecule is CN(C)CCCCOc1ccccc1F.O=C(O)C(=O)O. The molecule has 1 rings (SSSR count). The second-order valence-corrected chi connectivity index (χ2v) is 4.40. The average Bonchev–Trinajstić information content (AvgIpc) is 2.40. The van der Waals surface area contributed by atoms with Gasteiger partial charge in [-0.2, -0.15) is 0 Å². The highest BCUT2D eigenvalue weighted by atomic mass is 19.1. The van der Waals surface area contributed by atoms with E-state index in [-0.39, 0.29) is 5.82 Å². The summed E-state index contributed by atoms with van der Waals surface area (Å²) in [6, 6.07) is 6.50. The molecule has 0 aromatic heterocycles. The maximum Gasteiger partial charge on any atom is 0.414 e. The Hall–Kier alpha value is -2.15. The van der Waals surface area contributed by atoms with Gasteiger partial charge in [-0.1, -0.05) is 12.1 Å². The molecular weight excluding hydrogens is 281 g/mol. The highest BCUT2D eigenvalue weighted by molar-refractivity contribution is 6.27. The van der Waals surface area contributed by atoms with Crippen molar-refractivity contribution in [1.29, 1.82) is 0 Å². The van der Waals surface area contributed by atoms with Gasteiger partial charge < -0.3 is 19.8 Å². The van der Waals surface area contributed by atoms with Gasteiger partial charge in [-0.05, 0) is 45.6 Å². The Balaban J connectivity index is 0.000000567. The molecule has 21 heavy (non-hydrogen) atoms. The number of para-hydroxylation sites is 1. The van der Waals surface area contributed by atoms with E-state index in [1.165, 1.54) is 6.07 Å². The van der Waals surface area contributed by atoms with Crippen molar-refractivity contribution in [3.05, 3.63) is 30.1 Å². The van der Waals surface area contributed by atoms with Crippen LogP contribution in [-0.2, 0) is 9.59 Å². The Kier molecular flexibility index (Phi) is 9.53. The molecule has 0 aliphatic rings. The highest BCUT2D eigenvalue weighted by Gasteiger charge is 2.04. The number of nitrogens with zero attached hydrogens (tertiary/aromatic N) is 1. The van der Waals surface area contributed by atoms with Crippen LogP contribution in [0.1, 0.15) is 12.8 Å². The third kappa shape index (κ3) is 10.3. The fourth-order valence-electron chi connectivity index (χ4n) is 1.27. The Labute approximate surface area is 122 Å². The Morgan fingerprint density at radius 3 is 2.19 bits per heavy atom. The number of benzene rings is 1. The predicted octanol–water partition coefficient (Wildman–Crippen LogP) is 1.70. The lowest BCUT2D eigenvalue weighted by Crippen LogP contribution is -2.13. The zero-order valence-corrected chi connectivity index (χ0v) is 12.1. The third-order valence-corrected chi connectivity index (χ3v) is 2.28. The molecule has 2 N–H and O–H groups in total. The van der Waals surface area contributed by atoms with Crippen LogP contribution in [0.2, 0.25) is 0 Å². The van der Waals surface area contributed by atoms with Crippen LogP contribution < -0.4 is 4.74 Å². The summed E-state index contributed by atoms with van der Waals surface area (Å²) in [5.41, 5.74) is 0. The molecule has 118 valence electrons. The van der Waals surface area contributed by atoms with Gasteiger partial charge in [-0.15, -0.1) is 0 Å². The quantitative estimate of drug-likeness (QED) is 0.614. The van der Waals surface area contributed by atoms with Gasteiger partial charge in [0.1, 0.15) is 0 Å². The lowest BCUT2D eigenvalue weighted by Gasteiger charge is -2.10. The molecule has 0 atom stereocenters. The van der Waals surface area contributed by atoms with Gasteiger partial charge in [-0.25, -0.2) is 14.0 Å². The number of carboxylic acids is 2. The van der Waals surface area contributed by atoms with Crippen molar-refractivity contribution >= 4 is 11.9 Å². The first-order chi connectivity index (χ1) is 9.84. The fourth-order valence-corrected chi connectivity index (χ4v) is 1.27. The van der Waals surface area contributed by atoms with Crippen LogP contribution >= 0.6 is 0 Å². The van der Waals surface area contributed by atoms with Crippen molar-refractivity contribution in [1.82, 2.24) is 4.90 Å². The zero-order chi connectivity index (χ0) is 16.3. The molecule has 0 unspecified atom stereocenters. The van der Waals surface area contributed by atoms with Crippen LogP contribution in [0.5, 0.6) is 5.75 Å². The largest absolute Gasteiger partial charge is 0.491 e. The van der Waals surface area contributed by atoms with Gasteiger partial charge in [0.2, 0.25) is 0 Å². The summed E-state index contributed by atoms with van der Waals surface area (Å²) in [5, 5.41) is 14.8. The second kappa shape index (κ2) is 10.6. The van der Waals surface area contributed by atoms with Crippen LogP contribution in [0.3, 0.4) is 0 Å². The minimum absolute atomic E-state index is 0.287.